The molecule has 4 rings (SSSR count). The fourth-order valence-corrected chi connectivity index (χ4v) is 4.50. The van der Waals surface area contributed by atoms with Gasteiger partial charge in [-0.15, -0.1) is 0 Å². The van der Waals surface area contributed by atoms with Gasteiger partial charge in [-0.1, -0.05) is 30.3 Å². The van der Waals surface area contributed by atoms with E-state index >= 15 is 0 Å². The zero-order valence-corrected chi connectivity index (χ0v) is 16.7. The van der Waals surface area contributed by atoms with Crippen molar-refractivity contribution < 1.29 is 10.0 Å². The monoisotopic (exact) mass is 406 g/mol. The molecule has 0 spiro atoms. The number of carbonyl (C=O) groups excluding carboxylic acids is 1. The van der Waals surface area contributed by atoms with Crippen LogP contribution in [0.25, 0.3) is 16.8 Å². The number of fused-ring (bicyclic) bond motifs is 1. The molecule has 148 valence electrons. The minimum absolute atomic E-state index is 0.536. The summed E-state index contributed by atoms with van der Waals surface area (Å²) in [5.41, 5.74) is 3.67. The van der Waals surface area contributed by atoms with Gasteiger partial charge in [0, 0.05) is 60.6 Å². The summed E-state index contributed by atoms with van der Waals surface area (Å²) < 4.78 is 2.39. The maximum atomic E-state index is 11.3. The molecule has 0 bridgehead atoms. The molecule has 1 aromatic heterocycles. The van der Waals surface area contributed by atoms with Crippen molar-refractivity contribution in [1.82, 2.24) is 14.8 Å². The van der Waals surface area contributed by atoms with Crippen molar-refractivity contribution in [3.63, 3.8) is 0 Å². The molecule has 1 fully saturated rings. The number of anilines is 1. The lowest BCUT2D eigenvalue weighted by Crippen LogP contribution is -2.43. The van der Waals surface area contributed by atoms with Crippen molar-refractivity contribution in [3.05, 3.63) is 72.6 Å². The maximum absolute atomic E-state index is 11.3. The fourth-order valence-electron chi connectivity index (χ4n) is 3.45. The molecule has 3 aromatic rings. The molecule has 2 N–H and O–H groups in total. The molecule has 0 radical (unpaired) electrons. The minimum atomic E-state index is -0.536. The normalized spacial score (nSPS) is 15.1. The van der Waals surface area contributed by atoms with Gasteiger partial charge in [0.25, 0.3) is 5.91 Å². The van der Waals surface area contributed by atoms with Gasteiger partial charge >= 0.3 is 0 Å². The second kappa shape index (κ2) is 9.09. The van der Waals surface area contributed by atoms with Gasteiger partial charge in [-0.2, -0.15) is 0 Å². The largest absolute Gasteiger partial charge is 0.368 e. The third-order valence-electron chi connectivity index (χ3n) is 4.91. The van der Waals surface area contributed by atoms with Crippen LogP contribution >= 0.6 is 11.9 Å². The molecule has 6 nitrogen and oxygen atoms in total. The maximum Gasteiger partial charge on any atom is 0.267 e. The second-order valence-corrected chi connectivity index (χ2v) is 7.87. The van der Waals surface area contributed by atoms with E-state index in [4.69, 9.17) is 5.21 Å². The fraction of sp³-hybridized carbons (Fsp3) is 0.182. The highest BCUT2D eigenvalue weighted by atomic mass is 32.2. The van der Waals surface area contributed by atoms with Gasteiger partial charge in [-0.25, -0.2) is 9.79 Å². The third-order valence-corrected chi connectivity index (χ3v) is 6.08. The molecular formula is C22H22N4O2S. The lowest BCUT2D eigenvalue weighted by Gasteiger charge is -2.36. The number of hydrogen-bond acceptors (Lipinski definition) is 6. The molecule has 1 aliphatic rings. The number of amides is 1. The van der Waals surface area contributed by atoms with E-state index in [-0.39, 0.29) is 0 Å². The summed E-state index contributed by atoms with van der Waals surface area (Å²) in [5.74, 6) is -0.536. The first kappa shape index (κ1) is 19.4. The zero-order valence-electron chi connectivity index (χ0n) is 15.9. The van der Waals surface area contributed by atoms with Crippen LogP contribution in [0.5, 0.6) is 0 Å². The number of nitrogens with one attached hydrogen (secondary N) is 1. The number of nitrogens with zero attached hydrogens (tertiary/aromatic N) is 3. The van der Waals surface area contributed by atoms with Crippen molar-refractivity contribution in [1.29, 1.82) is 0 Å². The summed E-state index contributed by atoms with van der Waals surface area (Å²) >= 11 is 1.80. The number of piperazine rings is 1. The summed E-state index contributed by atoms with van der Waals surface area (Å²) in [6, 6.07) is 16.4. The highest BCUT2D eigenvalue weighted by Crippen LogP contribution is 2.31. The smallest absolute Gasteiger partial charge is 0.267 e. The van der Waals surface area contributed by atoms with Crippen LogP contribution in [-0.2, 0) is 4.79 Å². The van der Waals surface area contributed by atoms with E-state index < -0.39 is 5.91 Å². The number of benzene rings is 2. The van der Waals surface area contributed by atoms with Crippen LogP contribution in [0.4, 0.5) is 5.69 Å². The number of hydroxylamine groups is 1. The molecule has 0 unspecified atom stereocenters. The molecule has 0 saturated carbocycles. The Morgan fingerprint density at radius 2 is 1.90 bits per heavy atom. The van der Waals surface area contributed by atoms with Crippen LogP contribution in [0.15, 0.2) is 71.9 Å². The third kappa shape index (κ3) is 4.59. The van der Waals surface area contributed by atoms with Gasteiger partial charge in [0.2, 0.25) is 0 Å². The predicted octanol–water partition coefficient (Wildman–Crippen LogP) is 3.58. The number of para-hydroxylation sites is 1. The Morgan fingerprint density at radius 1 is 1.07 bits per heavy atom. The minimum Gasteiger partial charge on any atom is -0.368 e. The number of rotatable bonds is 5. The first-order chi connectivity index (χ1) is 14.2. The number of aromatic nitrogens is 1. The van der Waals surface area contributed by atoms with Crippen LogP contribution in [-0.4, -0.2) is 46.6 Å². The van der Waals surface area contributed by atoms with Crippen LogP contribution < -0.4 is 10.4 Å². The number of hydrogen-bond donors (Lipinski definition) is 2. The van der Waals surface area contributed by atoms with Crippen LogP contribution in [0.3, 0.4) is 0 Å². The van der Waals surface area contributed by atoms with Crippen LogP contribution in [0.2, 0.25) is 0 Å². The lowest BCUT2D eigenvalue weighted by molar-refractivity contribution is -0.124. The van der Waals surface area contributed by atoms with E-state index in [9.17, 15) is 4.79 Å². The van der Waals surface area contributed by atoms with Crippen molar-refractivity contribution in [2.75, 3.05) is 31.1 Å². The average Bonchev–Trinajstić information content (AvgIpc) is 2.78. The van der Waals surface area contributed by atoms with Gasteiger partial charge < -0.3 is 4.90 Å². The summed E-state index contributed by atoms with van der Waals surface area (Å²) in [6.07, 6.45) is 6.80. The van der Waals surface area contributed by atoms with Gasteiger partial charge in [-0.3, -0.25) is 15.0 Å². The number of carbonyl (C=O) groups is 1. The zero-order chi connectivity index (χ0) is 20.1. The Morgan fingerprint density at radius 3 is 2.72 bits per heavy atom. The standard InChI is InChI=1S/C22H22N4O2S/c27-22(24-28)9-8-17-4-1-2-6-20(17)25-12-14-26(15-13-25)29-21-7-3-5-18-16-23-11-10-19(18)21/h1-11,16,28H,12-15H2,(H,24,27)/b9-8+. The number of pyridine rings is 1. The van der Waals surface area contributed by atoms with E-state index in [2.05, 4.69) is 44.5 Å². The van der Waals surface area contributed by atoms with E-state index in [1.54, 1.807) is 23.5 Å². The van der Waals surface area contributed by atoms with Gasteiger partial charge in [0.1, 0.15) is 0 Å². The Balaban J connectivity index is 1.44. The lowest BCUT2D eigenvalue weighted by atomic mass is 10.1. The van der Waals surface area contributed by atoms with Crippen molar-refractivity contribution in [2.24, 2.45) is 0 Å². The Bertz CT molecular complexity index is 1030. The Labute approximate surface area is 173 Å². The molecule has 29 heavy (non-hydrogen) atoms. The molecule has 1 amide bonds. The topological polar surface area (TPSA) is 68.7 Å². The quantitative estimate of drug-likeness (QED) is 0.292. The van der Waals surface area contributed by atoms with E-state index in [1.807, 2.05) is 30.6 Å². The molecule has 7 heteroatoms. The molecule has 0 atom stereocenters. The Kier molecular flexibility index (Phi) is 6.09. The summed E-state index contributed by atoms with van der Waals surface area (Å²) in [7, 11) is 0. The average molecular weight is 407 g/mol. The summed E-state index contributed by atoms with van der Waals surface area (Å²) in [4.78, 5) is 19.1. The predicted molar refractivity (Wildman–Crippen MR) is 117 cm³/mol. The first-order valence-corrected chi connectivity index (χ1v) is 10.2. The van der Waals surface area contributed by atoms with Crippen molar-refractivity contribution in [2.45, 2.75) is 4.90 Å². The van der Waals surface area contributed by atoms with Crippen LogP contribution in [0, 0.1) is 0 Å². The van der Waals surface area contributed by atoms with Crippen LogP contribution in [0.1, 0.15) is 5.56 Å². The summed E-state index contributed by atoms with van der Waals surface area (Å²) in [5, 5.41) is 11.1. The SMILES string of the molecule is O=C(/C=C/c1ccccc1N1CCN(Sc2cccc3cnccc23)CC1)NO. The van der Waals surface area contributed by atoms with Gasteiger partial charge in [0.05, 0.1) is 0 Å². The van der Waals surface area contributed by atoms with Gasteiger partial charge in [0.15, 0.2) is 0 Å². The highest BCUT2D eigenvalue weighted by molar-refractivity contribution is 7.97. The molecule has 0 aliphatic carbocycles. The van der Waals surface area contributed by atoms with Crippen molar-refractivity contribution >= 4 is 40.4 Å². The van der Waals surface area contributed by atoms with E-state index in [0.717, 1.165) is 42.8 Å². The molecule has 1 aliphatic heterocycles. The molecule has 2 heterocycles. The van der Waals surface area contributed by atoms with Gasteiger partial charge in [-0.05, 0) is 47.2 Å². The first-order valence-electron chi connectivity index (χ1n) is 9.46. The highest BCUT2D eigenvalue weighted by Gasteiger charge is 2.20. The van der Waals surface area contributed by atoms with E-state index in [1.165, 1.54) is 16.4 Å². The molecule has 1 saturated heterocycles. The van der Waals surface area contributed by atoms with E-state index in [0.29, 0.717) is 0 Å². The second-order valence-electron chi connectivity index (χ2n) is 6.73. The Hall–Kier alpha value is -2.87. The summed E-state index contributed by atoms with van der Waals surface area (Å²) in [6.45, 7) is 3.66. The van der Waals surface area contributed by atoms with Crippen molar-refractivity contribution in [3.8, 4) is 0 Å². The molecular weight excluding hydrogens is 384 g/mol. The molecule has 2 aromatic carbocycles.